The fourth-order valence-electron chi connectivity index (χ4n) is 2.45. The minimum Gasteiger partial charge on any atom is -0.363 e. The number of nitrogens with zero attached hydrogens (tertiary/aromatic N) is 3. The van der Waals surface area contributed by atoms with Crippen LogP contribution in [0.15, 0.2) is 59.1 Å². The predicted octanol–water partition coefficient (Wildman–Crippen LogP) is 4.61. The topological polar surface area (TPSA) is 70.2 Å². The van der Waals surface area contributed by atoms with E-state index in [-0.39, 0.29) is 5.91 Å². The highest BCUT2D eigenvalue weighted by Crippen LogP contribution is 2.21. The van der Waals surface area contributed by atoms with E-state index in [1.807, 2.05) is 74.4 Å². The van der Waals surface area contributed by atoms with Gasteiger partial charge in [0.15, 0.2) is 0 Å². The van der Waals surface area contributed by atoms with Gasteiger partial charge in [-0.3, -0.25) is 4.79 Å². The van der Waals surface area contributed by atoms with Crippen LogP contribution < -0.4 is 15.5 Å². The van der Waals surface area contributed by atoms with Crippen LogP contribution in [0, 0.1) is 6.92 Å². The lowest BCUT2D eigenvalue weighted by Gasteiger charge is -2.14. The van der Waals surface area contributed by atoms with Crippen molar-refractivity contribution in [3.05, 3.63) is 70.3 Å². The molecule has 2 aromatic carbocycles. The van der Waals surface area contributed by atoms with Gasteiger partial charge in [0.25, 0.3) is 5.91 Å². The molecule has 0 atom stereocenters. The Kier molecular flexibility index (Phi) is 5.71. The number of hydrogen-bond donors (Lipinski definition) is 2. The maximum atomic E-state index is 12.4. The third-order valence-corrected chi connectivity index (χ3v) is 4.51. The van der Waals surface area contributed by atoms with Crippen molar-refractivity contribution in [1.29, 1.82) is 0 Å². The number of benzene rings is 2. The van der Waals surface area contributed by atoms with Gasteiger partial charge in [0, 0.05) is 41.7 Å². The van der Waals surface area contributed by atoms with Gasteiger partial charge in [-0.25, -0.2) is 4.98 Å². The smallest absolute Gasteiger partial charge is 0.256 e. The van der Waals surface area contributed by atoms with Crippen LogP contribution in [0.5, 0.6) is 0 Å². The van der Waals surface area contributed by atoms with E-state index in [0.29, 0.717) is 17.2 Å². The van der Waals surface area contributed by atoms with E-state index < -0.39 is 0 Å². The van der Waals surface area contributed by atoms with Crippen molar-refractivity contribution in [3.63, 3.8) is 0 Å². The molecular formula is C20H20BrN5O. The minimum absolute atomic E-state index is 0.166. The highest BCUT2D eigenvalue weighted by molar-refractivity contribution is 9.10. The van der Waals surface area contributed by atoms with E-state index in [1.54, 1.807) is 6.07 Å². The van der Waals surface area contributed by atoms with Crippen LogP contribution >= 0.6 is 15.9 Å². The molecule has 0 radical (unpaired) electrons. The van der Waals surface area contributed by atoms with Gasteiger partial charge in [-0.05, 0) is 59.3 Å². The maximum absolute atomic E-state index is 12.4. The van der Waals surface area contributed by atoms with Gasteiger partial charge in [0.05, 0.1) is 5.56 Å². The van der Waals surface area contributed by atoms with Gasteiger partial charge in [-0.15, -0.1) is 0 Å². The highest BCUT2D eigenvalue weighted by atomic mass is 79.9. The van der Waals surface area contributed by atoms with Crippen molar-refractivity contribution >= 4 is 45.0 Å². The van der Waals surface area contributed by atoms with Gasteiger partial charge in [0.1, 0.15) is 5.82 Å². The number of nitrogens with one attached hydrogen (secondary N) is 2. The summed E-state index contributed by atoms with van der Waals surface area (Å²) in [5, 5.41) is 6.08. The van der Waals surface area contributed by atoms with Crippen LogP contribution in [0.3, 0.4) is 0 Å². The molecule has 3 rings (SSSR count). The minimum atomic E-state index is -0.166. The molecule has 0 spiro atoms. The predicted molar refractivity (Wildman–Crippen MR) is 113 cm³/mol. The van der Waals surface area contributed by atoms with E-state index in [9.17, 15) is 4.79 Å². The number of amides is 1. The fraction of sp³-hybridized carbons (Fsp3) is 0.150. The molecule has 0 unspecified atom stereocenters. The number of carbonyl (C=O) groups excluding carboxylic acids is 1. The van der Waals surface area contributed by atoms with Gasteiger partial charge >= 0.3 is 0 Å². The summed E-state index contributed by atoms with van der Waals surface area (Å²) in [4.78, 5) is 23.2. The molecule has 138 valence electrons. The van der Waals surface area contributed by atoms with Crippen LogP contribution in [-0.4, -0.2) is 30.0 Å². The summed E-state index contributed by atoms with van der Waals surface area (Å²) in [5.41, 5.74) is 3.02. The van der Waals surface area contributed by atoms with Crippen molar-refractivity contribution in [3.8, 4) is 0 Å². The van der Waals surface area contributed by atoms with E-state index in [4.69, 9.17) is 0 Å². The lowest BCUT2D eigenvalue weighted by molar-refractivity contribution is 0.102. The number of hydrogen-bond acceptors (Lipinski definition) is 5. The first-order chi connectivity index (χ1) is 12.9. The Balaban J connectivity index is 1.71. The second kappa shape index (κ2) is 8.18. The maximum Gasteiger partial charge on any atom is 0.256 e. The zero-order valence-electron chi connectivity index (χ0n) is 15.3. The Labute approximate surface area is 166 Å². The molecule has 1 aromatic heterocycles. The second-order valence-corrected chi connectivity index (χ2v) is 7.08. The Morgan fingerprint density at radius 1 is 1.00 bits per heavy atom. The zero-order chi connectivity index (χ0) is 19.4. The third kappa shape index (κ3) is 4.83. The van der Waals surface area contributed by atoms with E-state index in [2.05, 4.69) is 36.5 Å². The number of halogens is 1. The SMILES string of the molecule is Cc1cc(N(C)C)nc(Nc2ccc(NC(=O)c3ccccc3Br)cc2)n1. The molecule has 7 heteroatoms. The fourth-order valence-corrected chi connectivity index (χ4v) is 2.91. The molecule has 1 heterocycles. The largest absolute Gasteiger partial charge is 0.363 e. The standard InChI is InChI=1S/C20H20BrN5O/c1-13-12-18(26(2)3)25-20(22-13)24-15-10-8-14(9-11-15)23-19(27)16-6-4-5-7-17(16)21/h4-12H,1-3H3,(H,23,27)(H,22,24,25). The molecule has 0 bridgehead atoms. The van der Waals surface area contributed by atoms with E-state index in [0.717, 1.165) is 21.7 Å². The molecule has 0 saturated heterocycles. The Bertz CT molecular complexity index is 957. The molecule has 27 heavy (non-hydrogen) atoms. The van der Waals surface area contributed by atoms with Gasteiger partial charge in [-0.1, -0.05) is 12.1 Å². The number of anilines is 4. The Hall–Kier alpha value is -2.93. The summed E-state index contributed by atoms with van der Waals surface area (Å²) in [7, 11) is 3.88. The number of aromatic nitrogens is 2. The summed E-state index contributed by atoms with van der Waals surface area (Å²) in [6, 6.07) is 16.6. The van der Waals surface area contributed by atoms with Gasteiger partial charge < -0.3 is 15.5 Å². The number of aryl methyl sites for hydroxylation is 1. The molecule has 2 N–H and O–H groups in total. The molecule has 0 fully saturated rings. The van der Waals surface area contributed by atoms with Crippen LogP contribution in [-0.2, 0) is 0 Å². The monoisotopic (exact) mass is 425 g/mol. The van der Waals surface area contributed by atoms with Crippen LogP contribution in [0.4, 0.5) is 23.1 Å². The first kappa shape index (κ1) is 18.8. The van der Waals surface area contributed by atoms with Crippen LogP contribution in [0.25, 0.3) is 0 Å². The highest BCUT2D eigenvalue weighted by Gasteiger charge is 2.10. The summed E-state index contributed by atoms with van der Waals surface area (Å²) in [6.45, 7) is 1.93. The Morgan fingerprint density at radius 3 is 2.33 bits per heavy atom. The molecule has 0 saturated carbocycles. The summed E-state index contributed by atoms with van der Waals surface area (Å²) >= 11 is 3.39. The van der Waals surface area contributed by atoms with Crippen molar-refractivity contribution in [2.24, 2.45) is 0 Å². The summed E-state index contributed by atoms with van der Waals surface area (Å²) in [5.74, 6) is 1.20. The van der Waals surface area contributed by atoms with E-state index in [1.165, 1.54) is 0 Å². The molecular weight excluding hydrogens is 406 g/mol. The molecule has 0 aliphatic carbocycles. The summed E-state index contributed by atoms with van der Waals surface area (Å²) < 4.78 is 0.758. The first-order valence-electron chi connectivity index (χ1n) is 8.38. The zero-order valence-corrected chi connectivity index (χ0v) is 16.9. The van der Waals surface area contributed by atoms with Crippen LogP contribution in [0.1, 0.15) is 16.1 Å². The molecule has 0 aliphatic heterocycles. The summed E-state index contributed by atoms with van der Waals surface area (Å²) in [6.07, 6.45) is 0. The molecule has 0 aliphatic rings. The van der Waals surface area contributed by atoms with Crippen molar-refractivity contribution < 1.29 is 4.79 Å². The molecule has 6 nitrogen and oxygen atoms in total. The number of carbonyl (C=O) groups is 1. The lowest BCUT2D eigenvalue weighted by atomic mass is 10.2. The average Bonchev–Trinajstić information content (AvgIpc) is 2.63. The van der Waals surface area contributed by atoms with Gasteiger partial charge in [-0.2, -0.15) is 4.98 Å². The second-order valence-electron chi connectivity index (χ2n) is 6.22. The molecule has 3 aromatic rings. The first-order valence-corrected chi connectivity index (χ1v) is 9.17. The van der Waals surface area contributed by atoms with Gasteiger partial charge in [0.2, 0.25) is 5.95 Å². The molecule has 1 amide bonds. The quantitative estimate of drug-likeness (QED) is 0.624. The van der Waals surface area contributed by atoms with E-state index >= 15 is 0 Å². The normalized spacial score (nSPS) is 10.4. The average molecular weight is 426 g/mol. The lowest BCUT2D eigenvalue weighted by Crippen LogP contribution is -2.13. The van der Waals surface area contributed by atoms with Crippen molar-refractivity contribution in [1.82, 2.24) is 9.97 Å². The third-order valence-electron chi connectivity index (χ3n) is 3.82. The van der Waals surface area contributed by atoms with Crippen molar-refractivity contribution in [2.45, 2.75) is 6.92 Å². The van der Waals surface area contributed by atoms with Crippen LogP contribution in [0.2, 0.25) is 0 Å². The number of rotatable bonds is 5. The van der Waals surface area contributed by atoms with Crippen molar-refractivity contribution in [2.75, 3.05) is 29.6 Å². The Morgan fingerprint density at radius 2 is 1.67 bits per heavy atom.